The molecule has 1 rings (SSSR count). The number of ketones is 1. The van der Waals surface area contributed by atoms with Crippen molar-refractivity contribution in [3.8, 4) is 5.75 Å². The first-order valence-electron chi connectivity index (χ1n) is 6.26. The fourth-order valence-corrected chi connectivity index (χ4v) is 1.81. The molecule has 3 heteroatoms. The monoisotopic (exact) mass is 247 g/mol. The summed E-state index contributed by atoms with van der Waals surface area (Å²) in [7, 11) is 1.58. The highest BCUT2D eigenvalue weighted by Gasteiger charge is 2.10. The maximum Gasteiger partial charge on any atom is 0.164 e. The van der Waals surface area contributed by atoms with Crippen molar-refractivity contribution in [1.29, 1.82) is 0 Å². The number of rotatable bonds is 8. The molecule has 0 unspecified atom stereocenters. The van der Waals surface area contributed by atoms with Gasteiger partial charge in [-0.15, -0.1) is 6.58 Å². The minimum absolute atomic E-state index is 0.105. The zero-order valence-corrected chi connectivity index (χ0v) is 10.9. The Bertz CT molecular complexity index is 413. The highest BCUT2D eigenvalue weighted by molar-refractivity contribution is 6.00. The molecule has 0 aliphatic carbocycles. The number of nitrogen functional groups attached to an aromatic ring is 1. The summed E-state index contributed by atoms with van der Waals surface area (Å²) < 4.78 is 5.05. The van der Waals surface area contributed by atoms with E-state index in [0.717, 1.165) is 25.7 Å². The van der Waals surface area contributed by atoms with E-state index >= 15 is 0 Å². The lowest BCUT2D eigenvalue weighted by atomic mass is 10.0. The molecule has 1 aromatic rings. The van der Waals surface area contributed by atoms with Gasteiger partial charge in [-0.25, -0.2) is 0 Å². The summed E-state index contributed by atoms with van der Waals surface area (Å²) >= 11 is 0. The lowest BCUT2D eigenvalue weighted by molar-refractivity contribution is 0.0980. The second-order valence-corrected chi connectivity index (χ2v) is 4.26. The van der Waals surface area contributed by atoms with Crippen LogP contribution in [0.4, 0.5) is 5.69 Å². The molecule has 0 saturated heterocycles. The third-order valence-corrected chi connectivity index (χ3v) is 2.87. The predicted octanol–water partition coefficient (Wildman–Crippen LogP) is 3.60. The smallest absolute Gasteiger partial charge is 0.164 e. The minimum atomic E-state index is 0.105. The van der Waals surface area contributed by atoms with Gasteiger partial charge in [0.15, 0.2) is 5.78 Å². The van der Waals surface area contributed by atoms with E-state index < -0.39 is 0 Å². The number of methoxy groups -OCH3 is 1. The van der Waals surface area contributed by atoms with Gasteiger partial charge in [-0.3, -0.25) is 4.79 Å². The van der Waals surface area contributed by atoms with Gasteiger partial charge in [-0.2, -0.15) is 0 Å². The zero-order valence-electron chi connectivity index (χ0n) is 10.9. The van der Waals surface area contributed by atoms with Gasteiger partial charge in [0.2, 0.25) is 0 Å². The van der Waals surface area contributed by atoms with Gasteiger partial charge in [-0.1, -0.05) is 12.5 Å². The van der Waals surface area contributed by atoms with Crippen LogP contribution in [0.25, 0.3) is 0 Å². The van der Waals surface area contributed by atoms with Crippen LogP contribution in [0.15, 0.2) is 30.9 Å². The van der Waals surface area contributed by atoms with Gasteiger partial charge in [0.25, 0.3) is 0 Å². The van der Waals surface area contributed by atoms with E-state index in [4.69, 9.17) is 10.5 Å². The summed E-state index contributed by atoms with van der Waals surface area (Å²) in [6.45, 7) is 3.67. The molecule has 0 fully saturated rings. The summed E-state index contributed by atoms with van der Waals surface area (Å²) in [5.74, 6) is 0.781. The molecule has 0 aromatic heterocycles. The lowest BCUT2D eigenvalue weighted by Crippen LogP contribution is -2.04. The molecule has 0 spiro atoms. The molecular weight excluding hydrogens is 226 g/mol. The summed E-state index contributed by atoms with van der Waals surface area (Å²) in [6.07, 6.45) is 6.51. The second kappa shape index (κ2) is 7.54. The quantitative estimate of drug-likeness (QED) is 0.330. The van der Waals surface area contributed by atoms with Crippen LogP contribution in [-0.2, 0) is 0 Å². The first kappa shape index (κ1) is 14.3. The van der Waals surface area contributed by atoms with Crippen LogP contribution in [0.1, 0.15) is 42.5 Å². The van der Waals surface area contributed by atoms with Crippen LogP contribution in [0.2, 0.25) is 0 Å². The fraction of sp³-hybridized carbons (Fsp3) is 0.400. The van der Waals surface area contributed by atoms with Crippen molar-refractivity contribution in [3.63, 3.8) is 0 Å². The first-order chi connectivity index (χ1) is 8.69. The number of allylic oxidation sites excluding steroid dienone is 1. The topological polar surface area (TPSA) is 52.3 Å². The molecule has 18 heavy (non-hydrogen) atoms. The fourth-order valence-electron chi connectivity index (χ4n) is 1.81. The molecular formula is C15H21NO2. The second-order valence-electron chi connectivity index (χ2n) is 4.26. The van der Waals surface area contributed by atoms with Crippen LogP contribution < -0.4 is 10.5 Å². The third kappa shape index (κ3) is 4.24. The number of anilines is 1. The number of hydrogen-bond acceptors (Lipinski definition) is 3. The van der Waals surface area contributed by atoms with Gasteiger partial charge < -0.3 is 10.5 Å². The van der Waals surface area contributed by atoms with E-state index in [1.165, 1.54) is 0 Å². The predicted molar refractivity (Wildman–Crippen MR) is 75.0 cm³/mol. The number of unbranched alkanes of at least 4 members (excludes halogenated alkanes) is 3. The molecule has 3 nitrogen and oxygen atoms in total. The Kier molecular flexibility index (Phi) is 5.98. The number of nitrogens with two attached hydrogens (primary N) is 1. The maximum absolute atomic E-state index is 12.0. The molecule has 0 atom stereocenters. The standard InChI is InChI=1S/C15H21NO2/c1-3-4-5-6-7-8-15(17)13-10-9-12(18-2)11-14(13)16/h3,9-11H,1,4-8,16H2,2H3. The Morgan fingerprint density at radius 3 is 2.78 bits per heavy atom. The number of benzene rings is 1. The highest BCUT2D eigenvalue weighted by atomic mass is 16.5. The minimum Gasteiger partial charge on any atom is -0.497 e. The Hall–Kier alpha value is -1.77. The van der Waals surface area contributed by atoms with Crippen LogP contribution >= 0.6 is 0 Å². The van der Waals surface area contributed by atoms with Crippen molar-refractivity contribution < 1.29 is 9.53 Å². The van der Waals surface area contributed by atoms with Crippen molar-refractivity contribution >= 4 is 11.5 Å². The Morgan fingerprint density at radius 2 is 2.17 bits per heavy atom. The van der Waals surface area contributed by atoms with E-state index in [-0.39, 0.29) is 5.78 Å². The maximum atomic E-state index is 12.0. The van der Waals surface area contributed by atoms with Gasteiger partial charge in [0.05, 0.1) is 7.11 Å². The van der Waals surface area contributed by atoms with Gasteiger partial charge >= 0.3 is 0 Å². The normalized spacial score (nSPS) is 10.1. The highest BCUT2D eigenvalue weighted by Crippen LogP contribution is 2.21. The van der Waals surface area contributed by atoms with E-state index in [9.17, 15) is 4.79 Å². The van der Waals surface area contributed by atoms with Crippen molar-refractivity contribution in [2.45, 2.75) is 32.1 Å². The van der Waals surface area contributed by atoms with Crippen molar-refractivity contribution in [1.82, 2.24) is 0 Å². The molecule has 0 radical (unpaired) electrons. The number of Topliss-reactive ketones (excluding diaryl/α,β-unsaturated/α-hetero) is 1. The van der Waals surface area contributed by atoms with E-state index in [0.29, 0.717) is 23.4 Å². The Balaban J connectivity index is 2.48. The summed E-state index contributed by atoms with van der Waals surface area (Å²) in [6, 6.07) is 5.19. The average molecular weight is 247 g/mol. The molecule has 1 aromatic carbocycles. The van der Waals surface area contributed by atoms with Gasteiger partial charge in [-0.05, 0) is 31.4 Å². The van der Waals surface area contributed by atoms with Crippen molar-refractivity contribution in [3.05, 3.63) is 36.4 Å². The largest absolute Gasteiger partial charge is 0.497 e. The molecule has 0 aliphatic heterocycles. The van der Waals surface area contributed by atoms with E-state index in [1.54, 1.807) is 25.3 Å². The molecule has 0 heterocycles. The molecule has 0 saturated carbocycles. The van der Waals surface area contributed by atoms with Crippen LogP contribution in [0, 0.1) is 0 Å². The molecule has 0 bridgehead atoms. The van der Waals surface area contributed by atoms with Crippen LogP contribution in [0.5, 0.6) is 5.75 Å². The van der Waals surface area contributed by atoms with Crippen molar-refractivity contribution in [2.24, 2.45) is 0 Å². The lowest BCUT2D eigenvalue weighted by Gasteiger charge is -2.07. The number of carbonyl (C=O) groups excluding carboxylic acids is 1. The van der Waals surface area contributed by atoms with Crippen LogP contribution in [-0.4, -0.2) is 12.9 Å². The Morgan fingerprint density at radius 1 is 1.39 bits per heavy atom. The van der Waals surface area contributed by atoms with E-state index in [1.807, 2.05) is 6.08 Å². The molecule has 0 aliphatic rings. The van der Waals surface area contributed by atoms with E-state index in [2.05, 4.69) is 6.58 Å². The average Bonchev–Trinajstić information content (AvgIpc) is 2.38. The van der Waals surface area contributed by atoms with Crippen LogP contribution in [0.3, 0.4) is 0 Å². The van der Waals surface area contributed by atoms with Crippen molar-refractivity contribution in [2.75, 3.05) is 12.8 Å². The molecule has 2 N–H and O–H groups in total. The number of hydrogen-bond donors (Lipinski definition) is 1. The SMILES string of the molecule is C=CCCCCCC(=O)c1ccc(OC)cc1N. The summed E-state index contributed by atoms with van der Waals surface area (Å²) in [5.41, 5.74) is 6.92. The number of carbonyl (C=O) groups is 1. The molecule has 0 amide bonds. The number of ether oxygens (including phenoxy) is 1. The first-order valence-corrected chi connectivity index (χ1v) is 6.26. The molecule has 98 valence electrons. The summed E-state index contributed by atoms with van der Waals surface area (Å²) in [4.78, 5) is 12.0. The summed E-state index contributed by atoms with van der Waals surface area (Å²) in [5, 5.41) is 0. The van der Waals surface area contributed by atoms with Gasteiger partial charge in [0, 0.05) is 23.7 Å². The zero-order chi connectivity index (χ0) is 13.4. The van der Waals surface area contributed by atoms with Gasteiger partial charge in [0.1, 0.15) is 5.75 Å². The third-order valence-electron chi connectivity index (χ3n) is 2.87. The Labute approximate surface area is 109 Å².